The maximum atomic E-state index is 5.61. The minimum Gasteiger partial charge on any atom is -0.385 e. The van der Waals surface area contributed by atoms with Crippen LogP contribution in [0.4, 0.5) is 5.69 Å². The summed E-state index contributed by atoms with van der Waals surface area (Å²) in [4.78, 5) is 4.29. The number of pyridine rings is 1. The number of rotatable bonds is 7. The predicted octanol–water partition coefficient (Wildman–Crippen LogP) is 2.83. The lowest BCUT2D eigenvalue weighted by Gasteiger charge is -2.06. The normalized spacial score (nSPS) is 15.1. The molecule has 0 saturated heterocycles. The lowest BCUT2D eigenvalue weighted by Crippen LogP contribution is -2.01. The second-order valence-corrected chi connectivity index (χ2v) is 4.35. The van der Waals surface area contributed by atoms with Gasteiger partial charge in [-0.2, -0.15) is 0 Å². The van der Waals surface area contributed by atoms with Gasteiger partial charge in [0.05, 0.1) is 12.3 Å². The Morgan fingerprint density at radius 3 is 3.12 bits per heavy atom. The van der Waals surface area contributed by atoms with Crippen molar-refractivity contribution in [2.75, 3.05) is 18.5 Å². The summed E-state index contributed by atoms with van der Waals surface area (Å²) in [5.41, 5.74) is 2.13. The van der Waals surface area contributed by atoms with Crippen LogP contribution in [0.2, 0.25) is 0 Å². The highest BCUT2D eigenvalue weighted by Gasteiger charge is 2.20. The smallest absolute Gasteiger partial charge is 0.0888 e. The molecule has 2 rings (SSSR count). The van der Waals surface area contributed by atoms with Crippen LogP contribution >= 0.6 is 0 Å². The molecule has 0 aromatic carbocycles. The Balaban J connectivity index is 1.71. The second-order valence-electron chi connectivity index (χ2n) is 4.35. The Morgan fingerprint density at radius 1 is 1.50 bits per heavy atom. The van der Waals surface area contributed by atoms with Crippen LogP contribution in [-0.2, 0) is 11.3 Å². The molecular weight excluding hydrogens is 200 g/mol. The van der Waals surface area contributed by atoms with E-state index < -0.39 is 0 Å². The van der Waals surface area contributed by atoms with E-state index in [1.165, 1.54) is 19.3 Å². The highest BCUT2D eigenvalue weighted by atomic mass is 16.5. The largest absolute Gasteiger partial charge is 0.385 e. The second kappa shape index (κ2) is 5.85. The zero-order chi connectivity index (χ0) is 11.2. The summed E-state index contributed by atoms with van der Waals surface area (Å²) in [6.45, 7) is 4.53. The van der Waals surface area contributed by atoms with Crippen LogP contribution < -0.4 is 5.32 Å². The van der Waals surface area contributed by atoms with Gasteiger partial charge in [-0.3, -0.25) is 4.98 Å². The van der Waals surface area contributed by atoms with E-state index in [1.54, 1.807) is 0 Å². The summed E-state index contributed by atoms with van der Waals surface area (Å²) in [6.07, 6.45) is 5.85. The van der Waals surface area contributed by atoms with Crippen LogP contribution in [0.15, 0.2) is 18.3 Å². The molecule has 0 amide bonds. The Kier molecular flexibility index (Phi) is 4.17. The summed E-state index contributed by atoms with van der Waals surface area (Å²) >= 11 is 0. The lowest BCUT2D eigenvalue weighted by molar-refractivity contribution is 0.112. The van der Waals surface area contributed by atoms with Gasteiger partial charge in [-0.1, -0.05) is 12.8 Å². The standard InChI is InChI=1S/C13H20N2O/c1-2-14-12-5-7-15-13(9-12)10-16-8-6-11-3-4-11/h5,7,9,11H,2-4,6,8,10H2,1H3,(H,14,15). The molecule has 16 heavy (non-hydrogen) atoms. The fourth-order valence-corrected chi connectivity index (χ4v) is 1.70. The average molecular weight is 220 g/mol. The molecule has 88 valence electrons. The number of anilines is 1. The monoisotopic (exact) mass is 220 g/mol. The predicted molar refractivity (Wildman–Crippen MR) is 65.4 cm³/mol. The zero-order valence-electron chi connectivity index (χ0n) is 9.91. The van der Waals surface area contributed by atoms with Gasteiger partial charge in [-0.25, -0.2) is 0 Å². The van der Waals surface area contributed by atoms with E-state index in [2.05, 4.69) is 23.3 Å². The van der Waals surface area contributed by atoms with Crippen molar-refractivity contribution in [3.63, 3.8) is 0 Å². The Morgan fingerprint density at radius 2 is 2.38 bits per heavy atom. The van der Waals surface area contributed by atoms with Crippen molar-refractivity contribution in [2.24, 2.45) is 5.92 Å². The van der Waals surface area contributed by atoms with Gasteiger partial charge in [-0.05, 0) is 31.4 Å². The minimum atomic E-state index is 0.631. The van der Waals surface area contributed by atoms with Crippen molar-refractivity contribution in [1.82, 2.24) is 4.98 Å². The Bertz CT molecular complexity index is 323. The van der Waals surface area contributed by atoms with Gasteiger partial charge in [0.2, 0.25) is 0 Å². The number of ether oxygens (including phenoxy) is 1. The summed E-state index contributed by atoms with van der Waals surface area (Å²) in [6, 6.07) is 4.04. The summed E-state index contributed by atoms with van der Waals surface area (Å²) < 4.78 is 5.61. The maximum Gasteiger partial charge on any atom is 0.0888 e. The molecule has 3 heteroatoms. The van der Waals surface area contributed by atoms with Crippen LogP contribution in [0.1, 0.15) is 31.9 Å². The van der Waals surface area contributed by atoms with E-state index in [9.17, 15) is 0 Å². The molecule has 0 aliphatic heterocycles. The summed E-state index contributed by atoms with van der Waals surface area (Å²) in [5, 5.41) is 3.27. The quantitative estimate of drug-likeness (QED) is 0.717. The summed E-state index contributed by atoms with van der Waals surface area (Å²) in [5.74, 6) is 0.945. The number of hydrogen-bond donors (Lipinski definition) is 1. The van der Waals surface area contributed by atoms with E-state index in [0.29, 0.717) is 6.61 Å². The fraction of sp³-hybridized carbons (Fsp3) is 0.615. The van der Waals surface area contributed by atoms with Crippen molar-refractivity contribution in [3.05, 3.63) is 24.0 Å². The van der Waals surface area contributed by atoms with Crippen LogP contribution in [0, 0.1) is 5.92 Å². The number of nitrogens with zero attached hydrogens (tertiary/aromatic N) is 1. The molecule has 0 unspecified atom stereocenters. The van der Waals surface area contributed by atoms with Crippen molar-refractivity contribution in [2.45, 2.75) is 32.8 Å². The molecule has 0 spiro atoms. The lowest BCUT2D eigenvalue weighted by atomic mass is 10.3. The molecule has 1 saturated carbocycles. The fourth-order valence-electron chi connectivity index (χ4n) is 1.70. The van der Waals surface area contributed by atoms with Crippen molar-refractivity contribution >= 4 is 5.69 Å². The third kappa shape index (κ3) is 3.81. The molecule has 0 bridgehead atoms. The molecule has 3 nitrogen and oxygen atoms in total. The average Bonchev–Trinajstić information content (AvgIpc) is 3.09. The topological polar surface area (TPSA) is 34.2 Å². The van der Waals surface area contributed by atoms with Gasteiger partial charge in [-0.15, -0.1) is 0 Å². The third-order valence-corrected chi connectivity index (χ3v) is 2.81. The molecule has 0 atom stereocenters. The maximum absolute atomic E-state index is 5.61. The van der Waals surface area contributed by atoms with E-state index in [0.717, 1.165) is 30.5 Å². The van der Waals surface area contributed by atoms with Gasteiger partial charge in [0.25, 0.3) is 0 Å². The van der Waals surface area contributed by atoms with E-state index in [1.807, 2.05) is 12.3 Å². The molecule has 0 radical (unpaired) electrons. The van der Waals surface area contributed by atoms with Crippen molar-refractivity contribution in [1.29, 1.82) is 0 Å². The highest BCUT2D eigenvalue weighted by Crippen LogP contribution is 2.32. The van der Waals surface area contributed by atoms with Crippen molar-refractivity contribution in [3.8, 4) is 0 Å². The number of nitrogens with one attached hydrogen (secondary N) is 1. The Labute approximate surface area is 97.2 Å². The van der Waals surface area contributed by atoms with Gasteiger partial charge < -0.3 is 10.1 Å². The van der Waals surface area contributed by atoms with Crippen LogP contribution in [0.3, 0.4) is 0 Å². The minimum absolute atomic E-state index is 0.631. The number of aromatic nitrogens is 1. The van der Waals surface area contributed by atoms with Gasteiger partial charge in [0.15, 0.2) is 0 Å². The van der Waals surface area contributed by atoms with E-state index >= 15 is 0 Å². The molecule has 1 fully saturated rings. The van der Waals surface area contributed by atoms with Crippen LogP contribution in [-0.4, -0.2) is 18.1 Å². The first-order valence-electron chi connectivity index (χ1n) is 6.15. The zero-order valence-corrected chi connectivity index (χ0v) is 9.91. The Hall–Kier alpha value is -1.09. The highest BCUT2D eigenvalue weighted by molar-refractivity contribution is 5.42. The van der Waals surface area contributed by atoms with Crippen molar-refractivity contribution < 1.29 is 4.74 Å². The molecule has 1 aliphatic rings. The summed E-state index contributed by atoms with van der Waals surface area (Å²) in [7, 11) is 0. The van der Waals surface area contributed by atoms with Crippen LogP contribution in [0.25, 0.3) is 0 Å². The van der Waals surface area contributed by atoms with E-state index in [-0.39, 0.29) is 0 Å². The van der Waals surface area contributed by atoms with Gasteiger partial charge in [0, 0.05) is 25.0 Å². The molecular formula is C13H20N2O. The molecule has 1 aliphatic carbocycles. The number of hydrogen-bond acceptors (Lipinski definition) is 3. The molecule has 1 N–H and O–H groups in total. The molecule has 1 heterocycles. The molecule has 1 aromatic rings. The third-order valence-electron chi connectivity index (χ3n) is 2.81. The molecule has 1 aromatic heterocycles. The van der Waals surface area contributed by atoms with E-state index in [4.69, 9.17) is 4.74 Å². The first kappa shape index (κ1) is 11.4. The first-order valence-corrected chi connectivity index (χ1v) is 6.15. The van der Waals surface area contributed by atoms with Gasteiger partial charge in [0.1, 0.15) is 0 Å². The van der Waals surface area contributed by atoms with Gasteiger partial charge >= 0.3 is 0 Å². The van der Waals surface area contributed by atoms with Crippen LogP contribution in [0.5, 0.6) is 0 Å². The SMILES string of the molecule is CCNc1ccnc(COCCC2CC2)c1. The first-order chi connectivity index (χ1) is 7.88.